The van der Waals surface area contributed by atoms with Crippen molar-refractivity contribution in [3.63, 3.8) is 0 Å². The number of hydrogen-bond acceptors (Lipinski definition) is 4. The summed E-state index contributed by atoms with van der Waals surface area (Å²) in [6, 6.07) is 5.88. The van der Waals surface area contributed by atoms with Crippen LogP contribution in [-0.2, 0) is 16.0 Å². The highest BCUT2D eigenvalue weighted by Gasteiger charge is 2.32. The molecule has 0 unspecified atom stereocenters. The molecule has 0 spiro atoms. The molecule has 1 aliphatic heterocycles. The molecule has 0 aromatic carbocycles. The van der Waals surface area contributed by atoms with Crippen LogP contribution in [0.1, 0.15) is 11.4 Å². The van der Waals surface area contributed by atoms with Gasteiger partial charge in [-0.25, -0.2) is 4.98 Å². The molecule has 3 rings (SSSR count). The van der Waals surface area contributed by atoms with E-state index in [2.05, 4.69) is 15.2 Å². The van der Waals surface area contributed by atoms with E-state index in [1.807, 2.05) is 42.8 Å². The van der Waals surface area contributed by atoms with E-state index in [-0.39, 0.29) is 18.1 Å². The van der Waals surface area contributed by atoms with Gasteiger partial charge in [-0.3, -0.25) is 4.79 Å². The van der Waals surface area contributed by atoms with Crippen molar-refractivity contribution in [1.29, 1.82) is 0 Å². The average Bonchev–Trinajstić information content (AvgIpc) is 2.99. The molecule has 0 bridgehead atoms. The van der Waals surface area contributed by atoms with Crippen molar-refractivity contribution < 1.29 is 9.53 Å². The van der Waals surface area contributed by atoms with Crippen LogP contribution in [0.15, 0.2) is 24.4 Å². The third-order valence-corrected chi connectivity index (χ3v) is 4.25. The summed E-state index contributed by atoms with van der Waals surface area (Å²) < 4.78 is 7.43. The highest BCUT2D eigenvalue weighted by atomic mass is 16.5. The Balaban J connectivity index is 1.72. The number of nitrogens with zero attached hydrogens (tertiary/aromatic N) is 3. The van der Waals surface area contributed by atoms with Crippen molar-refractivity contribution in [3.8, 4) is 0 Å². The van der Waals surface area contributed by atoms with Gasteiger partial charge in [0.2, 0.25) is 5.91 Å². The minimum atomic E-state index is 0.0103. The Hall–Kier alpha value is -1.92. The van der Waals surface area contributed by atoms with Crippen LogP contribution in [0.4, 0.5) is 0 Å². The number of aromatic nitrogens is 2. The minimum absolute atomic E-state index is 0.0103. The number of nitrogens with one attached hydrogen (secondary N) is 1. The standard InChI is InChI=1S/C16H22N4O2/c1-11-13(20-7-5-4-6-15(20)17-11)8-16(21)18-12-9-19(2)10-14(12)22-3/h4-7,12,14H,8-10H2,1-3H3,(H,18,21)/t12-,14-/m0/s1. The van der Waals surface area contributed by atoms with E-state index in [1.165, 1.54) is 0 Å². The fourth-order valence-corrected chi connectivity index (χ4v) is 3.13. The number of ether oxygens (including phenoxy) is 1. The quantitative estimate of drug-likeness (QED) is 0.900. The van der Waals surface area contributed by atoms with Gasteiger partial charge in [0.05, 0.1) is 30.0 Å². The molecule has 6 nitrogen and oxygen atoms in total. The molecular weight excluding hydrogens is 280 g/mol. The Morgan fingerprint density at radius 1 is 1.45 bits per heavy atom. The van der Waals surface area contributed by atoms with Gasteiger partial charge >= 0.3 is 0 Å². The van der Waals surface area contributed by atoms with Gasteiger partial charge in [-0.15, -0.1) is 0 Å². The van der Waals surface area contributed by atoms with Crippen molar-refractivity contribution in [2.75, 3.05) is 27.2 Å². The summed E-state index contributed by atoms with van der Waals surface area (Å²) in [4.78, 5) is 19.1. The molecular formula is C16H22N4O2. The molecule has 1 amide bonds. The first-order valence-corrected chi connectivity index (χ1v) is 7.51. The van der Waals surface area contributed by atoms with Crippen LogP contribution in [0, 0.1) is 6.92 Å². The van der Waals surface area contributed by atoms with E-state index < -0.39 is 0 Å². The number of likely N-dealkylation sites (tertiary alicyclic amines) is 1. The maximum atomic E-state index is 12.4. The molecule has 118 valence electrons. The fourth-order valence-electron chi connectivity index (χ4n) is 3.13. The van der Waals surface area contributed by atoms with Crippen molar-refractivity contribution >= 4 is 11.6 Å². The zero-order valence-electron chi connectivity index (χ0n) is 13.2. The molecule has 3 heterocycles. The normalized spacial score (nSPS) is 22.3. The Bertz CT molecular complexity index is 682. The topological polar surface area (TPSA) is 58.9 Å². The van der Waals surface area contributed by atoms with E-state index in [0.29, 0.717) is 6.42 Å². The summed E-state index contributed by atoms with van der Waals surface area (Å²) in [6.45, 7) is 3.60. The number of methoxy groups -OCH3 is 1. The number of aryl methyl sites for hydroxylation is 1. The van der Waals surface area contributed by atoms with Crippen molar-refractivity contribution in [3.05, 3.63) is 35.8 Å². The van der Waals surface area contributed by atoms with E-state index in [0.717, 1.165) is 30.1 Å². The number of amides is 1. The zero-order valence-corrected chi connectivity index (χ0v) is 13.2. The SMILES string of the molecule is CO[C@H]1CN(C)C[C@@H]1NC(=O)Cc1c(C)nc2ccccn12. The molecule has 1 N–H and O–H groups in total. The monoisotopic (exact) mass is 302 g/mol. The van der Waals surface area contributed by atoms with E-state index >= 15 is 0 Å². The lowest BCUT2D eigenvalue weighted by Gasteiger charge is -2.18. The van der Waals surface area contributed by atoms with E-state index in [9.17, 15) is 4.79 Å². The first kappa shape index (κ1) is 15.0. The summed E-state index contributed by atoms with van der Waals surface area (Å²) in [5.41, 5.74) is 2.71. The molecule has 1 saturated heterocycles. The third kappa shape index (κ3) is 2.84. The number of carbonyl (C=O) groups is 1. The van der Waals surface area contributed by atoms with Crippen LogP contribution < -0.4 is 5.32 Å². The van der Waals surface area contributed by atoms with Crippen LogP contribution in [0.5, 0.6) is 0 Å². The van der Waals surface area contributed by atoms with Gasteiger partial charge in [0, 0.05) is 26.4 Å². The molecule has 0 radical (unpaired) electrons. The number of likely N-dealkylation sites (N-methyl/N-ethyl adjacent to an activating group) is 1. The second-order valence-corrected chi connectivity index (χ2v) is 5.92. The van der Waals surface area contributed by atoms with Crippen molar-refractivity contribution in [1.82, 2.24) is 19.6 Å². The second kappa shape index (κ2) is 6.06. The molecule has 0 aliphatic carbocycles. The van der Waals surface area contributed by atoms with Crippen LogP contribution >= 0.6 is 0 Å². The first-order chi connectivity index (χ1) is 10.6. The number of rotatable bonds is 4. The number of imidazole rings is 1. The van der Waals surface area contributed by atoms with Gasteiger partial charge in [0.25, 0.3) is 0 Å². The molecule has 22 heavy (non-hydrogen) atoms. The Morgan fingerprint density at radius 3 is 3.05 bits per heavy atom. The Kier molecular flexibility index (Phi) is 4.13. The van der Waals surface area contributed by atoms with E-state index in [1.54, 1.807) is 7.11 Å². The molecule has 6 heteroatoms. The number of hydrogen-bond donors (Lipinski definition) is 1. The summed E-state index contributed by atoms with van der Waals surface area (Å²) in [5, 5.41) is 3.09. The molecule has 2 aromatic rings. The number of carbonyl (C=O) groups excluding carboxylic acids is 1. The van der Waals surface area contributed by atoms with Gasteiger partial charge in [0.15, 0.2) is 0 Å². The van der Waals surface area contributed by atoms with Crippen molar-refractivity contribution in [2.24, 2.45) is 0 Å². The largest absolute Gasteiger partial charge is 0.378 e. The summed E-state index contributed by atoms with van der Waals surface area (Å²) >= 11 is 0. The molecule has 2 atom stereocenters. The molecule has 0 saturated carbocycles. The van der Waals surface area contributed by atoms with Crippen LogP contribution in [0.2, 0.25) is 0 Å². The Labute approximate surface area is 130 Å². The smallest absolute Gasteiger partial charge is 0.226 e. The summed E-state index contributed by atoms with van der Waals surface area (Å²) in [5.74, 6) is 0.0103. The maximum absolute atomic E-state index is 12.4. The maximum Gasteiger partial charge on any atom is 0.226 e. The van der Waals surface area contributed by atoms with Crippen molar-refractivity contribution in [2.45, 2.75) is 25.5 Å². The predicted molar refractivity (Wildman–Crippen MR) is 83.9 cm³/mol. The van der Waals surface area contributed by atoms with Crippen LogP contribution in [-0.4, -0.2) is 59.6 Å². The van der Waals surface area contributed by atoms with Gasteiger partial charge in [-0.1, -0.05) is 6.07 Å². The molecule has 1 fully saturated rings. The number of pyridine rings is 1. The number of fused-ring (bicyclic) bond motifs is 1. The van der Waals surface area contributed by atoms with Gasteiger partial charge < -0.3 is 19.4 Å². The van der Waals surface area contributed by atoms with Gasteiger partial charge in [0.1, 0.15) is 5.65 Å². The zero-order chi connectivity index (χ0) is 15.7. The first-order valence-electron chi connectivity index (χ1n) is 7.51. The fraction of sp³-hybridized carbons (Fsp3) is 0.500. The third-order valence-electron chi connectivity index (χ3n) is 4.25. The van der Waals surface area contributed by atoms with Gasteiger partial charge in [-0.2, -0.15) is 0 Å². The Morgan fingerprint density at radius 2 is 2.27 bits per heavy atom. The average molecular weight is 302 g/mol. The van der Waals surface area contributed by atoms with Crippen LogP contribution in [0.25, 0.3) is 5.65 Å². The van der Waals surface area contributed by atoms with Crippen LogP contribution in [0.3, 0.4) is 0 Å². The highest BCUT2D eigenvalue weighted by molar-refractivity contribution is 5.79. The lowest BCUT2D eigenvalue weighted by Crippen LogP contribution is -2.44. The lowest BCUT2D eigenvalue weighted by atomic mass is 10.2. The molecule has 2 aromatic heterocycles. The highest BCUT2D eigenvalue weighted by Crippen LogP contribution is 2.14. The van der Waals surface area contributed by atoms with Gasteiger partial charge in [-0.05, 0) is 26.1 Å². The summed E-state index contributed by atoms with van der Waals surface area (Å²) in [6.07, 6.45) is 2.32. The second-order valence-electron chi connectivity index (χ2n) is 5.92. The minimum Gasteiger partial charge on any atom is -0.378 e. The lowest BCUT2D eigenvalue weighted by molar-refractivity contribution is -0.121. The summed E-state index contributed by atoms with van der Waals surface area (Å²) in [7, 11) is 3.73. The predicted octanol–water partition coefficient (Wildman–Crippen LogP) is 0.630. The molecule has 1 aliphatic rings. The van der Waals surface area contributed by atoms with E-state index in [4.69, 9.17) is 4.74 Å².